The largest absolute Gasteiger partial charge is 0.454 e. The second-order valence-corrected chi connectivity index (χ2v) is 11.1. The van der Waals surface area contributed by atoms with Crippen LogP contribution < -0.4 is 19.5 Å². The number of amides is 1. The normalized spacial score (nSPS) is 14.4. The Labute approximate surface area is 187 Å². The average molecular weight is 481 g/mol. The van der Waals surface area contributed by atoms with Crippen LogP contribution in [0.1, 0.15) is 17.5 Å². The predicted octanol–water partition coefficient (Wildman–Crippen LogP) is 1.43. The van der Waals surface area contributed by atoms with Gasteiger partial charge in [0.2, 0.25) is 22.7 Å². The number of hydrogen-bond acceptors (Lipinski definition) is 7. The molecule has 1 aliphatic rings. The van der Waals surface area contributed by atoms with E-state index in [9.17, 15) is 21.6 Å². The fraction of sp³-hybridized carbons (Fsp3) is 0.286. The third kappa shape index (κ3) is 7.36. The highest BCUT2D eigenvalue weighted by atomic mass is 32.2. The summed E-state index contributed by atoms with van der Waals surface area (Å²) in [7, 11) is -7.41. The molecule has 0 bridgehead atoms. The summed E-state index contributed by atoms with van der Waals surface area (Å²) in [5, 5.41) is 3.59. The zero-order chi connectivity index (χ0) is 23.2. The molecular weight excluding hydrogens is 456 g/mol. The Hall–Kier alpha value is -2.89. The molecule has 0 fully saturated rings. The molecule has 3 rings (SSSR count). The zero-order valence-corrected chi connectivity index (χ0v) is 19.0. The molecule has 172 valence electrons. The van der Waals surface area contributed by atoms with Crippen LogP contribution in [0, 0.1) is 0 Å². The monoisotopic (exact) mass is 480 g/mol. The van der Waals surface area contributed by atoms with Crippen molar-refractivity contribution in [3.05, 3.63) is 65.1 Å². The number of fused-ring (bicyclic) bond motifs is 1. The number of carbonyl (C=O) groups is 1. The molecular formula is C21H24N2O7S2. The van der Waals surface area contributed by atoms with E-state index >= 15 is 0 Å². The standard InChI is InChI=1S/C21H24N2O7S2/c1-31(25,26)11-10-18(23-32(27,28)12-9-16-5-3-2-4-6-16)21(24)22-14-17-7-8-19-20(13-17)30-15-29-19/h2-9,12-13,18,23H,10-11,14-15H2,1H3,(H,22,24)/b12-9+. The third-order valence-electron chi connectivity index (χ3n) is 4.54. The molecule has 0 aliphatic carbocycles. The first-order valence-electron chi connectivity index (χ1n) is 9.71. The molecule has 2 aromatic rings. The highest BCUT2D eigenvalue weighted by molar-refractivity contribution is 7.92. The maximum atomic E-state index is 12.7. The van der Waals surface area contributed by atoms with Crippen LogP contribution in [0.5, 0.6) is 11.5 Å². The van der Waals surface area contributed by atoms with Gasteiger partial charge in [-0.15, -0.1) is 0 Å². The molecule has 1 heterocycles. The molecule has 2 N–H and O–H groups in total. The first kappa shape index (κ1) is 23.8. The van der Waals surface area contributed by atoms with E-state index in [1.807, 2.05) is 0 Å². The molecule has 0 saturated heterocycles. The maximum Gasteiger partial charge on any atom is 0.238 e. The van der Waals surface area contributed by atoms with Crippen molar-refractivity contribution in [1.82, 2.24) is 10.0 Å². The number of benzene rings is 2. The van der Waals surface area contributed by atoms with Gasteiger partial charge in [0.15, 0.2) is 11.5 Å². The first-order valence-corrected chi connectivity index (χ1v) is 13.3. The Balaban J connectivity index is 1.68. The molecule has 0 radical (unpaired) electrons. The van der Waals surface area contributed by atoms with Crippen molar-refractivity contribution < 1.29 is 31.1 Å². The smallest absolute Gasteiger partial charge is 0.238 e. The summed E-state index contributed by atoms with van der Waals surface area (Å²) in [4.78, 5) is 12.7. The minimum atomic E-state index is -4.01. The van der Waals surface area contributed by atoms with E-state index in [4.69, 9.17) is 9.47 Å². The van der Waals surface area contributed by atoms with Gasteiger partial charge in [-0.05, 0) is 35.8 Å². The predicted molar refractivity (Wildman–Crippen MR) is 120 cm³/mol. The number of hydrogen-bond donors (Lipinski definition) is 2. The fourth-order valence-electron chi connectivity index (χ4n) is 2.91. The molecule has 0 saturated carbocycles. The second-order valence-electron chi connectivity index (χ2n) is 7.25. The minimum absolute atomic E-state index is 0.104. The highest BCUT2D eigenvalue weighted by Crippen LogP contribution is 2.32. The fourth-order valence-corrected chi connectivity index (χ4v) is 4.61. The quantitative estimate of drug-likeness (QED) is 0.526. The average Bonchev–Trinajstić information content (AvgIpc) is 3.21. The molecule has 11 heteroatoms. The van der Waals surface area contributed by atoms with Crippen molar-refractivity contribution in [2.75, 3.05) is 18.8 Å². The number of carbonyl (C=O) groups excluding carboxylic acids is 1. The van der Waals surface area contributed by atoms with E-state index in [0.717, 1.165) is 17.2 Å². The van der Waals surface area contributed by atoms with E-state index in [-0.39, 0.29) is 25.5 Å². The Morgan fingerprint density at radius 2 is 1.78 bits per heavy atom. The van der Waals surface area contributed by atoms with Crippen molar-refractivity contribution in [3.8, 4) is 11.5 Å². The van der Waals surface area contributed by atoms with Crippen LogP contribution in [0.3, 0.4) is 0 Å². The van der Waals surface area contributed by atoms with Gasteiger partial charge in [0.05, 0.1) is 5.75 Å². The van der Waals surface area contributed by atoms with Crippen molar-refractivity contribution >= 4 is 31.8 Å². The van der Waals surface area contributed by atoms with Crippen LogP contribution in [0.25, 0.3) is 6.08 Å². The summed E-state index contributed by atoms with van der Waals surface area (Å²) in [6, 6.07) is 12.7. The Kier molecular flexibility index (Phi) is 7.54. The lowest BCUT2D eigenvalue weighted by atomic mass is 10.2. The van der Waals surface area contributed by atoms with Gasteiger partial charge < -0.3 is 14.8 Å². The van der Waals surface area contributed by atoms with Crippen LogP contribution in [0.4, 0.5) is 0 Å². The molecule has 1 unspecified atom stereocenters. The lowest BCUT2D eigenvalue weighted by molar-refractivity contribution is -0.122. The first-order chi connectivity index (χ1) is 15.1. The lowest BCUT2D eigenvalue weighted by Gasteiger charge is -2.17. The van der Waals surface area contributed by atoms with Gasteiger partial charge in [-0.3, -0.25) is 4.79 Å². The van der Waals surface area contributed by atoms with Crippen molar-refractivity contribution in [2.45, 2.75) is 19.0 Å². The van der Waals surface area contributed by atoms with Crippen LogP contribution in [-0.2, 0) is 31.2 Å². The van der Waals surface area contributed by atoms with Crippen molar-refractivity contribution in [3.63, 3.8) is 0 Å². The SMILES string of the molecule is CS(=O)(=O)CCC(NS(=O)(=O)/C=C/c1ccccc1)C(=O)NCc1ccc2c(c1)OCO2. The summed E-state index contributed by atoms with van der Waals surface area (Å²) >= 11 is 0. The summed E-state index contributed by atoms with van der Waals surface area (Å²) < 4.78 is 60.9. The van der Waals surface area contributed by atoms with E-state index < -0.39 is 31.8 Å². The van der Waals surface area contributed by atoms with E-state index in [0.29, 0.717) is 17.1 Å². The van der Waals surface area contributed by atoms with Gasteiger partial charge in [0.1, 0.15) is 15.9 Å². The Morgan fingerprint density at radius 3 is 2.50 bits per heavy atom. The molecule has 2 aromatic carbocycles. The summed E-state index contributed by atoms with van der Waals surface area (Å²) in [6.45, 7) is 0.226. The van der Waals surface area contributed by atoms with E-state index in [1.54, 1.807) is 48.5 Å². The molecule has 0 aromatic heterocycles. The maximum absolute atomic E-state index is 12.7. The summed E-state index contributed by atoms with van der Waals surface area (Å²) in [5.41, 5.74) is 1.38. The number of rotatable bonds is 10. The van der Waals surface area contributed by atoms with Gasteiger partial charge in [0, 0.05) is 18.2 Å². The molecule has 32 heavy (non-hydrogen) atoms. The third-order valence-corrected chi connectivity index (χ3v) is 6.63. The lowest BCUT2D eigenvalue weighted by Crippen LogP contribution is -2.46. The van der Waals surface area contributed by atoms with Gasteiger partial charge in [-0.2, -0.15) is 4.72 Å². The Bertz CT molecular complexity index is 1190. The van der Waals surface area contributed by atoms with Gasteiger partial charge >= 0.3 is 0 Å². The topological polar surface area (TPSA) is 128 Å². The van der Waals surface area contributed by atoms with Gasteiger partial charge in [-0.25, -0.2) is 16.8 Å². The second kappa shape index (κ2) is 10.2. The molecule has 1 amide bonds. The molecule has 1 aliphatic heterocycles. The van der Waals surface area contributed by atoms with E-state index in [1.165, 1.54) is 6.08 Å². The van der Waals surface area contributed by atoms with Gasteiger partial charge in [-0.1, -0.05) is 36.4 Å². The van der Waals surface area contributed by atoms with Gasteiger partial charge in [0.25, 0.3) is 0 Å². The molecule has 0 spiro atoms. The van der Waals surface area contributed by atoms with Crippen LogP contribution in [0.15, 0.2) is 53.9 Å². The van der Waals surface area contributed by atoms with Crippen LogP contribution in [-0.4, -0.2) is 47.6 Å². The van der Waals surface area contributed by atoms with E-state index in [2.05, 4.69) is 10.0 Å². The highest BCUT2D eigenvalue weighted by Gasteiger charge is 2.24. The molecule has 9 nitrogen and oxygen atoms in total. The van der Waals surface area contributed by atoms with Crippen LogP contribution in [0.2, 0.25) is 0 Å². The van der Waals surface area contributed by atoms with Crippen molar-refractivity contribution in [1.29, 1.82) is 0 Å². The molecule has 1 atom stereocenters. The number of ether oxygens (including phenoxy) is 2. The Morgan fingerprint density at radius 1 is 1.06 bits per heavy atom. The number of sulfone groups is 1. The summed E-state index contributed by atoms with van der Waals surface area (Å²) in [5.74, 6) is 0.171. The zero-order valence-electron chi connectivity index (χ0n) is 17.4. The van der Waals surface area contributed by atoms with Crippen LogP contribution >= 0.6 is 0 Å². The van der Waals surface area contributed by atoms with Crippen molar-refractivity contribution in [2.24, 2.45) is 0 Å². The number of nitrogens with one attached hydrogen (secondary N) is 2. The minimum Gasteiger partial charge on any atom is -0.454 e. The summed E-state index contributed by atoms with van der Waals surface area (Å²) in [6.07, 6.45) is 2.21. The number of sulfonamides is 1.